The normalized spacial score (nSPS) is 52.5. The van der Waals surface area contributed by atoms with Gasteiger partial charge in [0.1, 0.15) is 73.2 Å². The molecule has 0 bridgehead atoms. The molecule has 0 aliphatic carbocycles. The largest absolute Gasteiger partial charge is 0.394 e. The Morgan fingerprint density at radius 3 is 1.29 bits per heavy atom. The van der Waals surface area contributed by atoms with Crippen molar-refractivity contribution in [3.63, 3.8) is 0 Å². The first kappa shape index (κ1) is 27.9. The van der Waals surface area contributed by atoms with Crippen molar-refractivity contribution in [2.45, 2.75) is 92.1 Å². The summed E-state index contributed by atoms with van der Waals surface area (Å²) in [5, 5.41) is 108. The molecule has 3 rings (SSSR count). The molecule has 0 aromatic rings. The third kappa shape index (κ3) is 5.68. The van der Waals surface area contributed by atoms with Crippen molar-refractivity contribution in [2.24, 2.45) is 0 Å². The van der Waals surface area contributed by atoms with Crippen LogP contribution in [0.3, 0.4) is 0 Å². The molecule has 3 saturated heterocycles. The van der Waals surface area contributed by atoms with Gasteiger partial charge in [-0.05, 0) is 0 Å². The van der Waals surface area contributed by atoms with Crippen LogP contribution in [0.25, 0.3) is 0 Å². The second kappa shape index (κ2) is 11.6. The first-order valence-electron chi connectivity index (χ1n) is 10.6. The zero-order valence-electron chi connectivity index (χ0n) is 17.7. The van der Waals surface area contributed by atoms with E-state index in [1.165, 1.54) is 0 Å². The lowest BCUT2D eigenvalue weighted by Gasteiger charge is -2.43. The maximum atomic E-state index is 10.2. The Morgan fingerprint density at radius 1 is 0.441 bits per heavy atom. The fourth-order valence-electron chi connectivity index (χ4n) is 3.84. The molecule has 0 aromatic heterocycles. The Hall–Kier alpha value is -0.640. The third-order valence-corrected chi connectivity index (χ3v) is 6.05. The maximum absolute atomic E-state index is 10.2. The van der Waals surface area contributed by atoms with E-state index < -0.39 is 112 Å². The highest BCUT2D eigenvalue weighted by Crippen LogP contribution is 2.27. The molecule has 11 N–H and O–H groups in total. The van der Waals surface area contributed by atoms with E-state index in [0.29, 0.717) is 0 Å². The van der Waals surface area contributed by atoms with Crippen molar-refractivity contribution in [3.05, 3.63) is 0 Å². The first-order chi connectivity index (χ1) is 16.0. The molecule has 200 valence electrons. The lowest BCUT2D eigenvalue weighted by Crippen LogP contribution is -2.62. The van der Waals surface area contributed by atoms with Crippen LogP contribution in [0.5, 0.6) is 0 Å². The van der Waals surface area contributed by atoms with Crippen LogP contribution in [0, 0.1) is 0 Å². The molecule has 16 nitrogen and oxygen atoms in total. The van der Waals surface area contributed by atoms with Crippen molar-refractivity contribution >= 4 is 0 Å². The van der Waals surface area contributed by atoms with Gasteiger partial charge in [-0.15, -0.1) is 0 Å². The van der Waals surface area contributed by atoms with Crippen molar-refractivity contribution < 1.29 is 79.9 Å². The molecular formula is C18H32O16. The molecule has 0 aromatic carbocycles. The number of hydrogen-bond acceptors (Lipinski definition) is 16. The SMILES string of the molecule is OC[C@H]1O[C@H](OC[C@H]2OC(OC[C@H]3OC(O)[C@H](O)[C@@H](O)[C@@H]3O)[C@H](O)[C@@H](O)[C@@H]2O)[C@H](O)[C@@H](O)[C@@H]1O. The molecule has 15 atom stereocenters. The van der Waals surface area contributed by atoms with E-state index in [1.54, 1.807) is 0 Å². The fourth-order valence-corrected chi connectivity index (χ4v) is 3.84. The number of aliphatic hydroxyl groups excluding tert-OH is 11. The summed E-state index contributed by atoms with van der Waals surface area (Å²) < 4.78 is 26.1. The van der Waals surface area contributed by atoms with Gasteiger partial charge in [0, 0.05) is 0 Å². The molecule has 2 unspecified atom stereocenters. The van der Waals surface area contributed by atoms with Gasteiger partial charge in [0.2, 0.25) is 0 Å². The molecule has 0 radical (unpaired) electrons. The van der Waals surface area contributed by atoms with Crippen LogP contribution >= 0.6 is 0 Å². The molecule has 0 spiro atoms. The van der Waals surface area contributed by atoms with Gasteiger partial charge in [-0.3, -0.25) is 0 Å². The van der Waals surface area contributed by atoms with E-state index in [0.717, 1.165) is 0 Å². The highest BCUT2D eigenvalue weighted by molar-refractivity contribution is 4.92. The Bertz CT molecular complexity index is 639. The summed E-state index contributed by atoms with van der Waals surface area (Å²) in [6.45, 7) is -1.84. The summed E-state index contributed by atoms with van der Waals surface area (Å²) in [6, 6.07) is 0. The number of hydrogen-bond donors (Lipinski definition) is 11. The molecule has 3 aliphatic rings. The van der Waals surface area contributed by atoms with Crippen molar-refractivity contribution in [1.82, 2.24) is 0 Å². The predicted molar refractivity (Wildman–Crippen MR) is 101 cm³/mol. The summed E-state index contributed by atoms with van der Waals surface area (Å²) in [5.41, 5.74) is 0. The van der Waals surface area contributed by atoms with E-state index in [-0.39, 0.29) is 0 Å². The van der Waals surface area contributed by atoms with Crippen molar-refractivity contribution in [1.29, 1.82) is 0 Å². The van der Waals surface area contributed by atoms with E-state index in [9.17, 15) is 56.2 Å². The highest BCUT2D eigenvalue weighted by atomic mass is 16.7. The summed E-state index contributed by atoms with van der Waals surface area (Å²) in [4.78, 5) is 0. The Balaban J connectivity index is 1.58. The summed E-state index contributed by atoms with van der Waals surface area (Å²) >= 11 is 0. The molecule has 3 heterocycles. The average molecular weight is 504 g/mol. The van der Waals surface area contributed by atoms with Gasteiger partial charge in [0.15, 0.2) is 18.9 Å². The van der Waals surface area contributed by atoms with Crippen LogP contribution < -0.4 is 0 Å². The van der Waals surface area contributed by atoms with E-state index in [4.69, 9.17) is 23.7 Å². The van der Waals surface area contributed by atoms with Crippen LogP contribution in [-0.4, -0.2) is 168 Å². The van der Waals surface area contributed by atoms with Crippen LogP contribution in [0.15, 0.2) is 0 Å². The van der Waals surface area contributed by atoms with E-state index >= 15 is 0 Å². The quantitative estimate of drug-likeness (QED) is 0.154. The van der Waals surface area contributed by atoms with Gasteiger partial charge in [0.25, 0.3) is 0 Å². The highest BCUT2D eigenvalue weighted by Gasteiger charge is 2.48. The minimum Gasteiger partial charge on any atom is -0.394 e. The Morgan fingerprint density at radius 2 is 0.824 bits per heavy atom. The molecule has 0 amide bonds. The number of ether oxygens (including phenoxy) is 5. The molecular weight excluding hydrogens is 472 g/mol. The molecule has 3 aliphatic heterocycles. The van der Waals surface area contributed by atoms with E-state index in [1.807, 2.05) is 0 Å². The van der Waals surface area contributed by atoms with Crippen molar-refractivity contribution in [3.8, 4) is 0 Å². The van der Waals surface area contributed by atoms with Gasteiger partial charge in [-0.25, -0.2) is 0 Å². The second-order valence-corrected chi connectivity index (χ2v) is 8.42. The average Bonchev–Trinajstić information content (AvgIpc) is 2.82. The lowest BCUT2D eigenvalue weighted by atomic mass is 9.98. The predicted octanol–water partition coefficient (Wildman–Crippen LogP) is -7.57. The first-order valence-corrected chi connectivity index (χ1v) is 10.6. The van der Waals surface area contributed by atoms with Crippen LogP contribution in [0.1, 0.15) is 0 Å². The van der Waals surface area contributed by atoms with Crippen molar-refractivity contribution in [2.75, 3.05) is 19.8 Å². The number of rotatable bonds is 7. The topological polar surface area (TPSA) is 269 Å². The molecule has 0 saturated carbocycles. The second-order valence-electron chi connectivity index (χ2n) is 8.42. The van der Waals surface area contributed by atoms with Crippen LogP contribution in [-0.2, 0) is 23.7 Å². The Kier molecular flexibility index (Phi) is 9.54. The zero-order chi connectivity index (χ0) is 25.3. The minimum atomic E-state index is -1.82. The lowest BCUT2D eigenvalue weighted by molar-refractivity contribution is -0.340. The molecule has 3 fully saturated rings. The molecule has 34 heavy (non-hydrogen) atoms. The summed E-state index contributed by atoms with van der Waals surface area (Å²) in [6.07, 6.45) is -24.4. The zero-order valence-corrected chi connectivity index (χ0v) is 17.7. The standard InChI is InChI=1S/C18H32O16/c19-1-4-7(20)11(24)14(27)17(33-4)31-3-6-9(22)12(25)15(28)18(34-6)30-2-5-8(21)10(23)13(26)16(29)32-5/h4-29H,1-3H2/t4-,5-,6-,7-,8-,9-,10+,11+,12+,13-,14-,15-,16?,17+,18?/m1/s1. The monoisotopic (exact) mass is 504 g/mol. The minimum absolute atomic E-state index is 0.570. The molecule has 16 heteroatoms. The van der Waals surface area contributed by atoms with Gasteiger partial charge in [0.05, 0.1) is 19.8 Å². The van der Waals surface area contributed by atoms with Gasteiger partial charge < -0.3 is 79.9 Å². The van der Waals surface area contributed by atoms with Crippen LogP contribution in [0.4, 0.5) is 0 Å². The third-order valence-electron chi connectivity index (χ3n) is 6.05. The maximum Gasteiger partial charge on any atom is 0.186 e. The summed E-state index contributed by atoms with van der Waals surface area (Å²) in [5.74, 6) is 0. The number of aliphatic hydroxyl groups is 11. The summed E-state index contributed by atoms with van der Waals surface area (Å²) in [7, 11) is 0. The van der Waals surface area contributed by atoms with Gasteiger partial charge >= 0.3 is 0 Å². The van der Waals surface area contributed by atoms with Gasteiger partial charge in [-0.1, -0.05) is 0 Å². The van der Waals surface area contributed by atoms with Gasteiger partial charge in [-0.2, -0.15) is 0 Å². The Labute approximate surface area is 192 Å². The van der Waals surface area contributed by atoms with Crippen LogP contribution in [0.2, 0.25) is 0 Å². The van der Waals surface area contributed by atoms with E-state index in [2.05, 4.69) is 0 Å². The smallest absolute Gasteiger partial charge is 0.186 e. The fraction of sp³-hybridized carbons (Fsp3) is 1.00.